The number of hydrogen-bond acceptors (Lipinski definition) is 6. The first-order chi connectivity index (χ1) is 15.7. The number of rotatable bonds is 13. The zero-order chi connectivity index (χ0) is 22.4. The van der Waals surface area contributed by atoms with Crippen LogP contribution in [0.2, 0.25) is 0 Å². The molecule has 0 amide bonds. The van der Waals surface area contributed by atoms with Crippen LogP contribution in [0.5, 0.6) is 11.5 Å². The fourth-order valence-electron chi connectivity index (χ4n) is 6.38. The highest BCUT2D eigenvalue weighted by atomic mass is 16.7. The van der Waals surface area contributed by atoms with Crippen molar-refractivity contribution in [2.45, 2.75) is 43.9 Å². The van der Waals surface area contributed by atoms with E-state index in [0.717, 1.165) is 29.1 Å². The van der Waals surface area contributed by atoms with Gasteiger partial charge < -0.3 is 28.4 Å². The Morgan fingerprint density at radius 1 is 0.812 bits per heavy atom. The quantitative estimate of drug-likeness (QED) is 0.259. The van der Waals surface area contributed by atoms with E-state index in [-0.39, 0.29) is 19.0 Å². The van der Waals surface area contributed by atoms with Gasteiger partial charge in [-0.15, -0.1) is 6.42 Å². The Hall–Kier alpha value is -1.78. The third-order valence-corrected chi connectivity index (χ3v) is 7.31. The SMILES string of the molecule is C#Cc1cc(C23CC4CC(CC(C4)C2)C3)c(OCOCCOC)cc1OCOCCOC. The molecule has 5 rings (SSSR count). The molecule has 32 heavy (non-hydrogen) atoms. The highest BCUT2D eigenvalue weighted by Gasteiger charge is 2.52. The van der Waals surface area contributed by atoms with Crippen LogP contribution < -0.4 is 9.47 Å². The summed E-state index contributed by atoms with van der Waals surface area (Å²) in [6.45, 7) is 2.28. The molecule has 0 aromatic heterocycles. The van der Waals surface area contributed by atoms with E-state index in [9.17, 15) is 0 Å². The minimum atomic E-state index is 0.110. The van der Waals surface area contributed by atoms with Crippen molar-refractivity contribution in [2.24, 2.45) is 17.8 Å². The zero-order valence-electron chi connectivity index (χ0n) is 19.4. The van der Waals surface area contributed by atoms with Crippen LogP contribution in [0.4, 0.5) is 0 Å². The summed E-state index contributed by atoms with van der Waals surface area (Å²) in [5.41, 5.74) is 2.13. The molecular weight excluding hydrogens is 408 g/mol. The molecule has 1 aromatic rings. The third-order valence-electron chi connectivity index (χ3n) is 7.31. The predicted molar refractivity (Wildman–Crippen MR) is 121 cm³/mol. The lowest BCUT2D eigenvalue weighted by Crippen LogP contribution is -2.48. The summed E-state index contributed by atoms with van der Waals surface area (Å²) in [6, 6.07) is 4.06. The van der Waals surface area contributed by atoms with Crippen molar-refractivity contribution < 1.29 is 28.4 Å². The molecule has 1 aromatic carbocycles. The number of hydrogen-bond donors (Lipinski definition) is 0. The van der Waals surface area contributed by atoms with Crippen molar-refractivity contribution in [3.05, 3.63) is 23.3 Å². The second-order valence-corrected chi connectivity index (χ2v) is 9.51. The summed E-state index contributed by atoms with van der Waals surface area (Å²) in [4.78, 5) is 0. The Balaban J connectivity index is 1.57. The molecule has 0 spiro atoms. The highest BCUT2D eigenvalue weighted by molar-refractivity contribution is 5.56. The number of benzene rings is 1. The van der Waals surface area contributed by atoms with Crippen LogP contribution >= 0.6 is 0 Å². The Morgan fingerprint density at radius 3 is 1.84 bits per heavy atom. The van der Waals surface area contributed by atoms with Gasteiger partial charge in [-0.3, -0.25) is 0 Å². The first-order valence-electron chi connectivity index (χ1n) is 11.7. The minimum absolute atomic E-state index is 0.110. The van der Waals surface area contributed by atoms with Crippen molar-refractivity contribution in [1.82, 2.24) is 0 Å². The molecule has 4 aliphatic carbocycles. The van der Waals surface area contributed by atoms with Crippen LogP contribution in [0, 0.1) is 30.1 Å². The molecule has 0 unspecified atom stereocenters. The average Bonchev–Trinajstić information content (AvgIpc) is 2.78. The smallest absolute Gasteiger partial charge is 0.189 e. The summed E-state index contributed by atoms with van der Waals surface area (Å²) in [5, 5.41) is 0. The normalized spacial score (nSPS) is 28.0. The topological polar surface area (TPSA) is 55.4 Å². The van der Waals surface area contributed by atoms with Gasteiger partial charge in [0.15, 0.2) is 13.6 Å². The fourth-order valence-corrected chi connectivity index (χ4v) is 6.38. The van der Waals surface area contributed by atoms with Crippen molar-refractivity contribution >= 4 is 0 Å². The monoisotopic (exact) mass is 444 g/mol. The highest BCUT2D eigenvalue weighted by Crippen LogP contribution is 2.62. The third kappa shape index (κ3) is 5.23. The van der Waals surface area contributed by atoms with Gasteiger partial charge in [-0.05, 0) is 67.8 Å². The lowest BCUT2D eigenvalue weighted by atomic mass is 9.48. The van der Waals surface area contributed by atoms with Crippen LogP contribution in [0.1, 0.15) is 49.7 Å². The molecule has 0 saturated heterocycles. The second kappa shape index (κ2) is 10.9. The molecule has 176 valence electrons. The van der Waals surface area contributed by atoms with Crippen molar-refractivity contribution in [2.75, 3.05) is 54.2 Å². The van der Waals surface area contributed by atoms with Gasteiger partial charge in [0.25, 0.3) is 0 Å². The van der Waals surface area contributed by atoms with Crippen molar-refractivity contribution in [1.29, 1.82) is 0 Å². The van der Waals surface area contributed by atoms with E-state index in [0.29, 0.717) is 32.2 Å². The summed E-state index contributed by atoms with van der Waals surface area (Å²) in [6.07, 6.45) is 13.7. The second-order valence-electron chi connectivity index (χ2n) is 9.51. The molecule has 0 aliphatic heterocycles. The van der Waals surface area contributed by atoms with E-state index in [4.69, 9.17) is 34.8 Å². The van der Waals surface area contributed by atoms with E-state index in [1.807, 2.05) is 6.07 Å². The largest absolute Gasteiger partial charge is 0.467 e. The Morgan fingerprint density at radius 2 is 1.34 bits per heavy atom. The molecule has 6 nitrogen and oxygen atoms in total. The van der Waals surface area contributed by atoms with Crippen LogP contribution in [0.25, 0.3) is 0 Å². The molecule has 4 aliphatic rings. The molecule has 0 radical (unpaired) electrons. The Kier molecular flexibility index (Phi) is 7.96. The van der Waals surface area contributed by atoms with Gasteiger partial charge in [-0.2, -0.15) is 0 Å². The van der Waals surface area contributed by atoms with Crippen molar-refractivity contribution in [3.63, 3.8) is 0 Å². The molecule has 4 bridgehead atoms. The molecule has 0 atom stereocenters. The van der Waals surface area contributed by atoms with Gasteiger partial charge in [0.1, 0.15) is 11.5 Å². The molecule has 6 heteroatoms. The average molecular weight is 445 g/mol. The Labute approximate surface area is 191 Å². The molecule has 4 fully saturated rings. The van der Waals surface area contributed by atoms with Crippen molar-refractivity contribution in [3.8, 4) is 23.8 Å². The van der Waals surface area contributed by atoms with Gasteiger partial charge in [0, 0.05) is 25.8 Å². The first-order valence-corrected chi connectivity index (χ1v) is 11.7. The van der Waals surface area contributed by atoms with E-state index >= 15 is 0 Å². The first kappa shape index (κ1) is 23.4. The molecule has 0 N–H and O–H groups in total. The number of methoxy groups -OCH3 is 2. The van der Waals surface area contributed by atoms with Gasteiger partial charge in [0.2, 0.25) is 0 Å². The van der Waals surface area contributed by atoms with Crippen LogP contribution in [-0.4, -0.2) is 54.2 Å². The van der Waals surface area contributed by atoms with E-state index in [2.05, 4.69) is 12.0 Å². The predicted octanol–water partition coefficient (Wildman–Crippen LogP) is 4.13. The maximum absolute atomic E-state index is 6.17. The van der Waals surface area contributed by atoms with Crippen LogP contribution in [0.15, 0.2) is 12.1 Å². The van der Waals surface area contributed by atoms with E-state index in [1.165, 1.54) is 44.1 Å². The summed E-state index contributed by atoms with van der Waals surface area (Å²) in [7, 11) is 3.30. The molecular formula is C26H36O6. The zero-order valence-corrected chi connectivity index (χ0v) is 19.4. The summed E-state index contributed by atoms with van der Waals surface area (Å²) in [5.74, 6) is 6.72. The van der Waals surface area contributed by atoms with Gasteiger partial charge in [0.05, 0.1) is 32.0 Å². The Bertz CT molecular complexity index is 763. The lowest BCUT2D eigenvalue weighted by molar-refractivity contribution is -0.0200. The maximum atomic E-state index is 6.17. The van der Waals surface area contributed by atoms with Crippen LogP contribution in [-0.2, 0) is 24.4 Å². The standard InChI is InChI=1S/C26H36O6/c1-4-22-12-23(26-14-19-9-20(15-26)11-21(10-19)16-26)25(32-18-30-8-6-28-3)13-24(22)31-17-29-7-5-27-2/h1,12-13,19-21H,5-11,14-18H2,2-3H3. The summed E-state index contributed by atoms with van der Waals surface area (Å²) < 4.78 is 33.2. The van der Waals surface area contributed by atoms with Gasteiger partial charge >= 0.3 is 0 Å². The molecule has 0 heterocycles. The van der Waals surface area contributed by atoms with Gasteiger partial charge in [-0.1, -0.05) is 5.92 Å². The van der Waals surface area contributed by atoms with Gasteiger partial charge in [-0.25, -0.2) is 0 Å². The lowest BCUT2D eigenvalue weighted by Gasteiger charge is -2.57. The molecule has 4 saturated carbocycles. The minimum Gasteiger partial charge on any atom is -0.467 e. The number of ether oxygens (including phenoxy) is 6. The van der Waals surface area contributed by atoms with E-state index in [1.54, 1.807) is 14.2 Å². The van der Waals surface area contributed by atoms with Crippen LogP contribution in [0.3, 0.4) is 0 Å². The number of terminal acetylenes is 1. The summed E-state index contributed by atoms with van der Waals surface area (Å²) >= 11 is 0. The maximum Gasteiger partial charge on any atom is 0.189 e. The van der Waals surface area contributed by atoms with E-state index < -0.39 is 0 Å². The fraction of sp³-hybridized carbons (Fsp3) is 0.692.